The SMILES string of the molecule is CC(CNCC(F)(F)F)Sc1ccccn1. The maximum Gasteiger partial charge on any atom is 0.401 e. The monoisotopic (exact) mass is 250 g/mol. The molecular weight excluding hydrogens is 237 g/mol. The van der Waals surface area contributed by atoms with Crippen LogP contribution in [0.5, 0.6) is 0 Å². The summed E-state index contributed by atoms with van der Waals surface area (Å²) in [6.45, 7) is 1.23. The minimum atomic E-state index is -4.14. The molecule has 0 saturated carbocycles. The summed E-state index contributed by atoms with van der Waals surface area (Å²) in [5.74, 6) is 0. The molecule has 6 heteroatoms. The number of halogens is 3. The summed E-state index contributed by atoms with van der Waals surface area (Å²) < 4.78 is 35.6. The minimum absolute atomic E-state index is 0.0530. The quantitative estimate of drug-likeness (QED) is 0.813. The van der Waals surface area contributed by atoms with Crippen molar-refractivity contribution in [3.05, 3.63) is 24.4 Å². The van der Waals surface area contributed by atoms with Crippen LogP contribution in [0.15, 0.2) is 29.4 Å². The number of pyridine rings is 1. The molecule has 1 aromatic rings. The van der Waals surface area contributed by atoms with Crippen molar-refractivity contribution in [1.82, 2.24) is 10.3 Å². The Labute approximate surface area is 96.6 Å². The van der Waals surface area contributed by atoms with E-state index in [2.05, 4.69) is 10.3 Å². The van der Waals surface area contributed by atoms with Gasteiger partial charge in [-0.05, 0) is 12.1 Å². The smallest absolute Gasteiger partial charge is 0.308 e. The molecule has 1 rings (SSSR count). The molecular formula is C10H13F3N2S. The highest BCUT2D eigenvalue weighted by Gasteiger charge is 2.26. The van der Waals surface area contributed by atoms with Gasteiger partial charge in [-0.2, -0.15) is 13.2 Å². The highest BCUT2D eigenvalue weighted by atomic mass is 32.2. The second-order valence-electron chi connectivity index (χ2n) is 3.34. The number of hydrogen-bond donors (Lipinski definition) is 1. The van der Waals surface area contributed by atoms with Crippen LogP contribution in [-0.2, 0) is 0 Å². The van der Waals surface area contributed by atoms with Crippen LogP contribution in [0.2, 0.25) is 0 Å². The number of rotatable bonds is 5. The van der Waals surface area contributed by atoms with Gasteiger partial charge in [0, 0.05) is 18.0 Å². The zero-order valence-corrected chi connectivity index (χ0v) is 9.61. The molecule has 1 N–H and O–H groups in total. The van der Waals surface area contributed by atoms with Gasteiger partial charge in [-0.1, -0.05) is 13.0 Å². The summed E-state index contributed by atoms with van der Waals surface area (Å²) in [4.78, 5) is 4.09. The first kappa shape index (κ1) is 13.3. The van der Waals surface area contributed by atoms with Gasteiger partial charge in [0.25, 0.3) is 0 Å². The van der Waals surface area contributed by atoms with Gasteiger partial charge in [-0.25, -0.2) is 4.98 Å². The van der Waals surface area contributed by atoms with Gasteiger partial charge in [-0.3, -0.25) is 0 Å². The van der Waals surface area contributed by atoms with Crippen molar-refractivity contribution in [2.45, 2.75) is 23.4 Å². The molecule has 0 aliphatic rings. The molecule has 0 radical (unpaired) electrons. The van der Waals surface area contributed by atoms with Gasteiger partial charge in [0.1, 0.15) is 0 Å². The predicted octanol–water partition coefficient (Wildman–Crippen LogP) is 2.71. The molecule has 1 unspecified atom stereocenters. The number of nitrogens with one attached hydrogen (secondary N) is 1. The number of alkyl halides is 3. The van der Waals surface area contributed by atoms with E-state index in [1.165, 1.54) is 11.8 Å². The van der Waals surface area contributed by atoms with Crippen molar-refractivity contribution in [3.8, 4) is 0 Å². The van der Waals surface area contributed by atoms with Crippen LogP contribution in [0.25, 0.3) is 0 Å². The fourth-order valence-corrected chi connectivity index (χ4v) is 1.97. The van der Waals surface area contributed by atoms with Crippen LogP contribution >= 0.6 is 11.8 Å². The van der Waals surface area contributed by atoms with Gasteiger partial charge in [-0.15, -0.1) is 11.8 Å². The Hall–Kier alpha value is -0.750. The summed E-state index contributed by atoms with van der Waals surface area (Å²) in [7, 11) is 0. The van der Waals surface area contributed by atoms with Crippen LogP contribution in [0.1, 0.15) is 6.92 Å². The number of aromatic nitrogens is 1. The van der Waals surface area contributed by atoms with Gasteiger partial charge in [0.2, 0.25) is 0 Å². The lowest BCUT2D eigenvalue weighted by molar-refractivity contribution is -0.124. The molecule has 16 heavy (non-hydrogen) atoms. The summed E-state index contributed by atoms with van der Waals surface area (Å²) in [5.41, 5.74) is 0. The van der Waals surface area contributed by atoms with E-state index in [4.69, 9.17) is 0 Å². The lowest BCUT2D eigenvalue weighted by Gasteiger charge is -2.13. The van der Waals surface area contributed by atoms with E-state index in [9.17, 15) is 13.2 Å². The van der Waals surface area contributed by atoms with Crippen molar-refractivity contribution in [2.24, 2.45) is 0 Å². The van der Waals surface area contributed by atoms with Crippen LogP contribution in [-0.4, -0.2) is 29.5 Å². The lowest BCUT2D eigenvalue weighted by atomic mass is 10.4. The Balaban J connectivity index is 2.24. The molecule has 1 atom stereocenters. The van der Waals surface area contributed by atoms with Crippen LogP contribution < -0.4 is 5.32 Å². The molecule has 0 saturated heterocycles. The van der Waals surface area contributed by atoms with Crippen molar-refractivity contribution in [2.75, 3.05) is 13.1 Å². The maximum atomic E-state index is 11.9. The molecule has 0 bridgehead atoms. The van der Waals surface area contributed by atoms with Crippen molar-refractivity contribution < 1.29 is 13.2 Å². The lowest BCUT2D eigenvalue weighted by Crippen LogP contribution is -2.32. The van der Waals surface area contributed by atoms with Crippen LogP contribution in [0, 0.1) is 0 Å². The van der Waals surface area contributed by atoms with Crippen molar-refractivity contribution >= 4 is 11.8 Å². The third-order valence-corrected chi connectivity index (χ3v) is 2.77. The summed E-state index contributed by atoms with van der Waals surface area (Å²) in [6.07, 6.45) is -2.48. The Morgan fingerprint density at radius 1 is 1.44 bits per heavy atom. The van der Waals surface area contributed by atoms with Gasteiger partial charge >= 0.3 is 6.18 Å². The molecule has 0 aromatic carbocycles. The Morgan fingerprint density at radius 2 is 2.19 bits per heavy atom. The molecule has 1 heterocycles. The highest BCUT2D eigenvalue weighted by Crippen LogP contribution is 2.20. The maximum absolute atomic E-state index is 11.9. The van der Waals surface area contributed by atoms with E-state index < -0.39 is 12.7 Å². The van der Waals surface area contributed by atoms with Gasteiger partial charge in [0.05, 0.1) is 11.6 Å². The molecule has 90 valence electrons. The van der Waals surface area contributed by atoms with Crippen LogP contribution in [0.3, 0.4) is 0 Å². The van der Waals surface area contributed by atoms with Gasteiger partial charge < -0.3 is 5.32 Å². The first-order valence-electron chi connectivity index (χ1n) is 4.82. The largest absolute Gasteiger partial charge is 0.401 e. The molecule has 1 aromatic heterocycles. The molecule has 0 spiro atoms. The zero-order chi connectivity index (χ0) is 12.0. The highest BCUT2D eigenvalue weighted by molar-refractivity contribution is 7.99. The molecule has 0 aliphatic heterocycles. The summed E-state index contributed by atoms with van der Waals surface area (Å²) in [5, 5.41) is 3.25. The van der Waals surface area contributed by atoms with E-state index in [0.717, 1.165) is 5.03 Å². The Morgan fingerprint density at radius 3 is 2.75 bits per heavy atom. The zero-order valence-electron chi connectivity index (χ0n) is 8.79. The van der Waals surface area contributed by atoms with E-state index >= 15 is 0 Å². The Bertz CT molecular complexity index is 303. The standard InChI is InChI=1S/C10H13F3N2S/c1-8(6-14-7-10(11,12)13)16-9-4-2-3-5-15-9/h2-5,8,14H,6-7H2,1H3. The second kappa shape index (κ2) is 6.10. The number of hydrogen-bond acceptors (Lipinski definition) is 3. The minimum Gasteiger partial charge on any atom is -0.308 e. The van der Waals surface area contributed by atoms with E-state index in [1.54, 1.807) is 12.3 Å². The number of nitrogens with zero attached hydrogens (tertiary/aromatic N) is 1. The van der Waals surface area contributed by atoms with E-state index in [1.807, 2.05) is 19.1 Å². The van der Waals surface area contributed by atoms with E-state index in [0.29, 0.717) is 6.54 Å². The molecule has 0 fully saturated rings. The first-order chi connectivity index (χ1) is 7.47. The topological polar surface area (TPSA) is 24.9 Å². The number of thioether (sulfide) groups is 1. The normalized spacial score (nSPS) is 13.8. The summed E-state index contributed by atoms with van der Waals surface area (Å²) in [6, 6.07) is 5.49. The predicted molar refractivity (Wildman–Crippen MR) is 58.5 cm³/mol. The average molecular weight is 250 g/mol. The Kier molecular flexibility index (Phi) is 5.08. The third-order valence-electron chi connectivity index (χ3n) is 1.72. The average Bonchev–Trinajstić information content (AvgIpc) is 2.17. The third kappa shape index (κ3) is 5.97. The van der Waals surface area contributed by atoms with E-state index in [-0.39, 0.29) is 5.25 Å². The van der Waals surface area contributed by atoms with Crippen molar-refractivity contribution in [3.63, 3.8) is 0 Å². The second-order valence-corrected chi connectivity index (χ2v) is 4.80. The summed E-state index contributed by atoms with van der Waals surface area (Å²) >= 11 is 1.45. The molecule has 2 nitrogen and oxygen atoms in total. The fourth-order valence-electron chi connectivity index (χ4n) is 1.08. The van der Waals surface area contributed by atoms with Gasteiger partial charge in [0.15, 0.2) is 0 Å². The fraction of sp³-hybridized carbons (Fsp3) is 0.500. The molecule has 0 aliphatic carbocycles. The first-order valence-corrected chi connectivity index (χ1v) is 5.70. The van der Waals surface area contributed by atoms with Crippen LogP contribution in [0.4, 0.5) is 13.2 Å². The molecule has 0 amide bonds. The van der Waals surface area contributed by atoms with Crippen molar-refractivity contribution in [1.29, 1.82) is 0 Å².